The van der Waals surface area contributed by atoms with Crippen molar-refractivity contribution in [1.82, 2.24) is 4.98 Å². The van der Waals surface area contributed by atoms with Gasteiger partial charge in [0.1, 0.15) is 11.5 Å². The fourth-order valence-corrected chi connectivity index (χ4v) is 4.35. The van der Waals surface area contributed by atoms with Gasteiger partial charge in [-0.3, -0.25) is 0 Å². The molecule has 0 spiro atoms. The van der Waals surface area contributed by atoms with Gasteiger partial charge in [-0.25, -0.2) is 15.0 Å². The van der Waals surface area contributed by atoms with Crippen molar-refractivity contribution in [2.75, 3.05) is 0 Å². The van der Waals surface area contributed by atoms with E-state index in [0.29, 0.717) is 22.8 Å². The van der Waals surface area contributed by atoms with Crippen LogP contribution in [0, 0.1) is 0 Å². The number of aromatic nitrogens is 1. The molecule has 1 aromatic heterocycles. The van der Waals surface area contributed by atoms with Crippen molar-refractivity contribution in [1.29, 1.82) is 0 Å². The van der Waals surface area contributed by atoms with Crippen LogP contribution in [0.25, 0.3) is 0 Å². The van der Waals surface area contributed by atoms with Crippen LogP contribution >= 0.6 is 0 Å². The van der Waals surface area contributed by atoms with Crippen LogP contribution in [-0.4, -0.2) is 27.6 Å². The van der Waals surface area contributed by atoms with Gasteiger partial charge in [-0.2, -0.15) is 0 Å². The fraction of sp³-hybridized carbons (Fsp3) is 0.457. The summed E-state index contributed by atoms with van der Waals surface area (Å²) in [6, 6.07) is 13.6. The van der Waals surface area contributed by atoms with E-state index in [1.165, 1.54) is 0 Å². The Balaban J connectivity index is 2.01. The third kappa shape index (κ3) is 7.38. The molecule has 0 fully saturated rings. The van der Waals surface area contributed by atoms with Crippen molar-refractivity contribution < 1.29 is 10.2 Å². The predicted octanol–water partition coefficient (Wildman–Crippen LogP) is 9.18. The zero-order chi connectivity index (χ0) is 30.3. The number of aromatic hydroxyl groups is 2. The average Bonchev–Trinajstić information content (AvgIpc) is 2.80. The molecule has 5 nitrogen and oxygen atoms in total. The quantitative estimate of drug-likeness (QED) is 0.323. The molecule has 2 aromatic carbocycles. The standard InChI is InChI=1S/C35H47N3O2/c1-32(2,3)24-16-22(30(39)26(18-24)34(7,8)9)20-36-28-14-13-15-29(38-28)37-21-23-17-25(33(4,5)6)19-27(31(23)40)35(10,11)12/h13-21,39-40H,1-12H3/b36-20+,37-21?. The minimum absolute atomic E-state index is 0.0775. The summed E-state index contributed by atoms with van der Waals surface area (Å²) in [6.45, 7) is 25.5. The summed E-state index contributed by atoms with van der Waals surface area (Å²) < 4.78 is 0. The van der Waals surface area contributed by atoms with Crippen molar-refractivity contribution in [3.63, 3.8) is 0 Å². The molecule has 214 valence electrons. The smallest absolute Gasteiger partial charge is 0.154 e. The maximum absolute atomic E-state index is 11.1. The number of aliphatic imine (C=N–C) groups is 2. The molecule has 0 bridgehead atoms. The Morgan fingerprint density at radius 1 is 0.550 bits per heavy atom. The van der Waals surface area contributed by atoms with Gasteiger partial charge in [-0.15, -0.1) is 0 Å². The molecule has 0 aliphatic heterocycles. The molecule has 0 saturated carbocycles. The van der Waals surface area contributed by atoms with E-state index >= 15 is 0 Å². The van der Waals surface area contributed by atoms with Crippen LogP contribution in [-0.2, 0) is 21.7 Å². The van der Waals surface area contributed by atoms with Crippen molar-refractivity contribution in [3.05, 3.63) is 75.8 Å². The highest BCUT2D eigenvalue weighted by atomic mass is 16.3. The van der Waals surface area contributed by atoms with Crippen molar-refractivity contribution in [2.24, 2.45) is 9.98 Å². The first-order chi connectivity index (χ1) is 18.2. The minimum atomic E-state index is -0.219. The molecule has 5 heteroatoms. The number of benzene rings is 2. The van der Waals surface area contributed by atoms with Gasteiger partial charge in [0.2, 0.25) is 0 Å². The van der Waals surface area contributed by atoms with Crippen LogP contribution in [0.2, 0.25) is 0 Å². The number of nitrogens with zero attached hydrogens (tertiary/aromatic N) is 3. The zero-order valence-electron chi connectivity index (χ0n) is 26.4. The third-order valence-corrected chi connectivity index (χ3v) is 7.02. The van der Waals surface area contributed by atoms with Crippen LogP contribution in [0.5, 0.6) is 11.5 Å². The molecule has 0 saturated heterocycles. The van der Waals surface area contributed by atoms with Gasteiger partial charge in [-0.1, -0.05) is 101 Å². The number of hydrogen-bond acceptors (Lipinski definition) is 5. The predicted molar refractivity (Wildman–Crippen MR) is 170 cm³/mol. The van der Waals surface area contributed by atoms with Crippen LogP contribution < -0.4 is 0 Å². The second kappa shape index (κ2) is 10.8. The Morgan fingerprint density at radius 2 is 0.900 bits per heavy atom. The minimum Gasteiger partial charge on any atom is -0.507 e. The molecule has 0 aliphatic carbocycles. The number of phenolic OH excluding ortho intramolecular Hbond substituents is 2. The van der Waals surface area contributed by atoms with E-state index < -0.39 is 0 Å². The SMILES string of the molecule is CC(C)(C)c1cc(C=Nc2cccc(/N=C/c3cc(C(C)(C)C)cc(C(C)(C)C)c3O)n2)c(O)c(C(C)(C)C)c1. The van der Waals surface area contributed by atoms with E-state index in [-0.39, 0.29) is 33.2 Å². The molecule has 1 heterocycles. The van der Waals surface area contributed by atoms with Gasteiger partial charge in [-0.05, 0) is 57.1 Å². The highest BCUT2D eigenvalue weighted by molar-refractivity contribution is 5.87. The molecule has 2 N–H and O–H groups in total. The van der Waals surface area contributed by atoms with Gasteiger partial charge in [0.05, 0.1) is 0 Å². The lowest BCUT2D eigenvalue weighted by molar-refractivity contribution is 0.443. The van der Waals surface area contributed by atoms with Crippen LogP contribution in [0.1, 0.15) is 116 Å². The Kier molecular flexibility index (Phi) is 8.41. The second-order valence-electron chi connectivity index (χ2n) is 14.8. The molecule has 0 unspecified atom stereocenters. The van der Waals surface area contributed by atoms with Gasteiger partial charge < -0.3 is 10.2 Å². The van der Waals surface area contributed by atoms with E-state index in [0.717, 1.165) is 22.3 Å². The highest BCUT2D eigenvalue weighted by Crippen LogP contribution is 2.38. The summed E-state index contributed by atoms with van der Waals surface area (Å²) in [6.07, 6.45) is 3.34. The van der Waals surface area contributed by atoms with E-state index in [2.05, 4.69) is 110 Å². The lowest BCUT2D eigenvalue weighted by Gasteiger charge is -2.26. The third-order valence-electron chi connectivity index (χ3n) is 7.02. The van der Waals surface area contributed by atoms with Crippen LogP contribution in [0.15, 0.2) is 52.4 Å². The summed E-state index contributed by atoms with van der Waals surface area (Å²) in [7, 11) is 0. The summed E-state index contributed by atoms with van der Waals surface area (Å²) in [5.74, 6) is 1.44. The van der Waals surface area contributed by atoms with E-state index in [9.17, 15) is 10.2 Å². The Labute approximate surface area is 241 Å². The molecular weight excluding hydrogens is 494 g/mol. The number of phenols is 2. The maximum Gasteiger partial charge on any atom is 0.154 e. The van der Waals surface area contributed by atoms with Gasteiger partial charge in [0, 0.05) is 34.7 Å². The topological polar surface area (TPSA) is 78.1 Å². The average molecular weight is 542 g/mol. The van der Waals surface area contributed by atoms with E-state index in [4.69, 9.17) is 0 Å². The van der Waals surface area contributed by atoms with E-state index in [1.54, 1.807) is 24.6 Å². The first-order valence-electron chi connectivity index (χ1n) is 14.0. The molecule has 0 amide bonds. The number of rotatable bonds is 4. The first kappa shape index (κ1) is 31.1. The normalized spacial score (nSPS) is 13.5. The Morgan fingerprint density at radius 3 is 1.20 bits per heavy atom. The Bertz CT molecular complexity index is 1330. The van der Waals surface area contributed by atoms with Crippen LogP contribution in [0.4, 0.5) is 11.6 Å². The molecule has 40 heavy (non-hydrogen) atoms. The van der Waals surface area contributed by atoms with Crippen molar-refractivity contribution in [3.8, 4) is 11.5 Å². The molecule has 3 rings (SSSR count). The summed E-state index contributed by atoms with van der Waals surface area (Å²) >= 11 is 0. The fourth-order valence-electron chi connectivity index (χ4n) is 4.35. The zero-order valence-corrected chi connectivity index (χ0v) is 26.4. The first-order valence-corrected chi connectivity index (χ1v) is 14.0. The summed E-state index contributed by atoms with van der Waals surface area (Å²) in [4.78, 5) is 13.8. The van der Waals surface area contributed by atoms with Gasteiger partial charge in [0.15, 0.2) is 11.6 Å². The Hall–Kier alpha value is -3.47. The second-order valence-corrected chi connectivity index (χ2v) is 14.8. The summed E-state index contributed by atoms with van der Waals surface area (Å²) in [5, 5.41) is 22.2. The molecular formula is C35H47N3O2. The maximum atomic E-state index is 11.1. The molecule has 0 aliphatic rings. The van der Waals surface area contributed by atoms with Crippen molar-refractivity contribution >= 4 is 24.1 Å². The van der Waals surface area contributed by atoms with Crippen molar-refractivity contribution in [2.45, 2.75) is 105 Å². The monoisotopic (exact) mass is 541 g/mol. The lowest BCUT2D eigenvalue weighted by Crippen LogP contribution is -2.17. The lowest BCUT2D eigenvalue weighted by atomic mass is 9.79. The van der Waals surface area contributed by atoms with Crippen LogP contribution in [0.3, 0.4) is 0 Å². The van der Waals surface area contributed by atoms with Gasteiger partial charge >= 0.3 is 0 Å². The summed E-state index contributed by atoms with van der Waals surface area (Å²) in [5.41, 5.74) is 4.77. The molecule has 3 aromatic rings. The highest BCUT2D eigenvalue weighted by Gasteiger charge is 2.26. The molecule has 0 atom stereocenters. The van der Waals surface area contributed by atoms with E-state index in [1.807, 2.05) is 18.2 Å². The van der Waals surface area contributed by atoms with Gasteiger partial charge in [0.25, 0.3) is 0 Å². The number of pyridine rings is 1. The number of hydrogen-bond donors (Lipinski definition) is 2. The molecule has 0 radical (unpaired) electrons. The largest absolute Gasteiger partial charge is 0.507 e.